The van der Waals surface area contributed by atoms with Crippen LogP contribution in [0.25, 0.3) is 0 Å². The van der Waals surface area contributed by atoms with Crippen molar-refractivity contribution in [3.8, 4) is 0 Å². The van der Waals surface area contributed by atoms with Crippen LogP contribution in [0.2, 0.25) is 0 Å². The standard InChI is InChI=1S/C17H20BrNO/c1-13(16-4-3-5-17(18)10-16)19-11-14-6-8-15(9-7-14)12-20-2/h3-10,13,19H,11-12H2,1-2H3/t13-/m1/s1. The van der Waals surface area contributed by atoms with Gasteiger partial charge >= 0.3 is 0 Å². The normalized spacial score (nSPS) is 12.3. The maximum absolute atomic E-state index is 5.11. The van der Waals surface area contributed by atoms with E-state index in [4.69, 9.17) is 4.74 Å². The number of methoxy groups -OCH3 is 1. The fourth-order valence-electron chi connectivity index (χ4n) is 2.08. The van der Waals surface area contributed by atoms with Crippen LogP contribution in [0.3, 0.4) is 0 Å². The molecule has 2 nitrogen and oxygen atoms in total. The van der Waals surface area contributed by atoms with E-state index in [0.717, 1.165) is 11.0 Å². The number of hydrogen-bond donors (Lipinski definition) is 1. The second-order valence-electron chi connectivity index (χ2n) is 4.91. The Bertz CT molecular complexity index is 539. The number of hydrogen-bond acceptors (Lipinski definition) is 2. The average Bonchev–Trinajstić information content (AvgIpc) is 2.46. The van der Waals surface area contributed by atoms with E-state index in [-0.39, 0.29) is 0 Å². The van der Waals surface area contributed by atoms with E-state index in [1.54, 1.807) is 7.11 Å². The molecule has 0 heterocycles. The van der Waals surface area contributed by atoms with Crippen LogP contribution in [0, 0.1) is 0 Å². The van der Waals surface area contributed by atoms with Crippen molar-refractivity contribution in [3.63, 3.8) is 0 Å². The molecule has 2 rings (SSSR count). The van der Waals surface area contributed by atoms with Gasteiger partial charge in [-0.1, -0.05) is 52.3 Å². The second kappa shape index (κ2) is 7.58. The van der Waals surface area contributed by atoms with Crippen molar-refractivity contribution in [2.24, 2.45) is 0 Å². The van der Waals surface area contributed by atoms with Gasteiger partial charge in [-0.05, 0) is 35.7 Å². The first-order chi connectivity index (χ1) is 9.69. The largest absolute Gasteiger partial charge is 0.380 e. The van der Waals surface area contributed by atoms with Crippen LogP contribution < -0.4 is 5.32 Å². The molecule has 0 saturated heterocycles. The summed E-state index contributed by atoms with van der Waals surface area (Å²) in [6.45, 7) is 3.71. The van der Waals surface area contributed by atoms with Crippen molar-refractivity contribution in [1.82, 2.24) is 5.32 Å². The van der Waals surface area contributed by atoms with Gasteiger partial charge in [0.1, 0.15) is 0 Å². The minimum Gasteiger partial charge on any atom is -0.380 e. The Labute approximate surface area is 129 Å². The molecule has 0 aliphatic rings. The fraction of sp³-hybridized carbons (Fsp3) is 0.294. The molecule has 1 N–H and O–H groups in total. The number of nitrogens with one attached hydrogen (secondary N) is 1. The molecule has 1 atom stereocenters. The Hall–Kier alpha value is -1.16. The third kappa shape index (κ3) is 4.44. The Morgan fingerprint density at radius 2 is 1.80 bits per heavy atom. The van der Waals surface area contributed by atoms with Gasteiger partial charge in [-0.3, -0.25) is 0 Å². The topological polar surface area (TPSA) is 21.3 Å². The van der Waals surface area contributed by atoms with E-state index in [2.05, 4.69) is 70.6 Å². The van der Waals surface area contributed by atoms with Crippen molar-refractivity contribution in [2.45, 2.75) is 26.1 Å². The Morgan fingerprint density at radius 3 is 2.45 bits per heavy atom. The molecule has 20 heavy (non-hydrogen) atoms. The van der Waals surface area contributed by atoms with Crippen LogP contribution in [-0.2, 0) is 17.9 Å². The lowest BCUT2D eigenvalue weighted by molar-refractivity contribution is 0.185. The van der Waals surface area contributed by atoms with Gasteiger partial charge < -0.3 is 10.1 Å². The molecule has 0 fully saturated rings. The molecule has 2 aromatic rings. The lowest BCUT2D eigenvalue weighted by Gasteiger charge is -2.15. The van der Waals surface area contributed by atoms with Gasteiger partial charge in [0.05, 0.1) is 6.61 Å². The zero-order valence-corrected chi connectivity index (χ0v) is 13.5. The van der Waals surface area contributed by atoms with Gasteiger partial charge in [0, 0.05) is 24.2 Å². The zero-order chi connectivity index (χ0) is 14.4. The molecule has 106 valence electrons. The van der Waals surface area contributed by atoms with E-state index in [9.17, 15) is 0 Å². The summed E-state index contributed by atoms with van der Waals surface area (Å²) in [6, 6.07) is 17.3. The number of rotatable bonds is 6. The van der Waals surface area contributed by atoms with Gasteiger partial charge in [0.15, 0.2) is 0 Å². The summed E-state index contributed by atoms with van der Waals surface area (Å²) < 4.78 is 6.23. The van der Waals surface area contributed by atoms with Crippen molar-refractivity contribution in [1.29, 1.82) is 0 Å². The van der Waals surface area contributed by atoms with Crippen LogP contribution in [0.5, 0.6) is 0 Å². The van der Waals surface area contributed by atoms with E-state index in [1.165, 1.54) is 16.7 Å². The zero-order valence-electron chi connectivity index (χ0n) is 11.9. The first kappa shape index (κ1) is 15.2. The quantitative estimate of drug-likeness (QED) is 0.843. The smallest absolute Gasteiger partial charge is 0.0713 e. The van der Waals surface area contributed by atoms with E-state index >= 15 is 0 Å². The summed E-state index contributed by atoms with van der Waals surface area (Å²) in [6.07, 6.45) is 0. The summed E-state index contributed by atoms with van der Waals surface area (Å²) >= 11 is 3.51. The van der Waals surface area contributed by atoms with E-state index in [1.807, 2.05) is 6.07 Å². The molecule has 0 radical (unpaired) electrons. The highest BCUT2D eigenvalue weighted by molar-refractivity contribution is 9.10. The molecule has 0 spiro atoms. The Balaban J connectivity index is 1.91. The van der Waals surface area contributed by atoms with Crippen LogP contribution in [-0.4, -0.2) is 7.11 Å². The van der Waals surface area contributed by atoms with Gasteiger partial charge in [0.25, 0.3) is 0 Å². The highest BCUT2D eigenvalue weighted by Gasteiger charge is 2.05. The SMILES string of the molecule is COCc1ccc(CN[C@H](C)c2cccc(Br)c2)cc1. The third-order valence-electron chi connectivity index (χ3n) is 3.30. The van der Waals surface area contributed by atoms with Crippen molar-refractivity contribution in [3.05, 3.63) is 69.7 Å². The number of ether oxygens (including phenoxy) is 1. The van der Waals surface area contributed by atoms with Crippen LogP contribution in [0.4, 0.5) is 0 Å². The van der Waals surface area contributed by atoms with Gasteiger partial charge in [-0.15, -0.1) is 0 Å². The number of halogens is 1. The van der Waals surface area contributed by atoms with Crippen molar-refractivity contribution >= 4 is 15.9 Å². The minimum atomic E-state index is 0.325. The minimum absolute atomic E-state index is 0.325. The molecule has 0 aliphatic heterocycles. The van der Waals surface area contributed by atoms with Crippen molar-refractivity contribution < 1.29 is 4.74 Å². The lowest BCUT2D eigenvalue weighted by Crippen LogP contribution is -2.18. The maximum atomic E-state index is 5.11. The Kier molecular flexibility index (Phi) is 5.77. The van der Waals surface area contributed by atoms with Crippen LogP contribution in [0.15, 0.2) is 53.0 Å². The summed E-state index contributed by atoms with van der Waals surface area (Å²) in [5, 5.41) is 3.54. The molecule has 0 bridgehead atoms. The number of benzene rings is 2. The lowest BCUT2D eigenvalue weighted by atomic mass is 10.1. The molecule has 2 aromatic carbocycles. The van der Waals surface area contributed by atoms with Gasteiger partial charge in [0.2, 0.25) is 0 Å². The fourth-order valence-corrected chi connectivity index (χ4v) is 2.50. The van der Waals surface area contributed by atoms with E-state index < -0.39 is 0 Å². The first-order valence-electron chi connectivity index (χ1n) is 6.74. The highest BCUT2D eigenvalue weighted by Crippen LogP contribution is 2.18. The molecule has 0 aromatic heterocycles. The maximum Gasteiger partial charge on any atom is 0.0713 e. The second-order valence-corrected chi connectivity index (χ2v) is 5.82. The summed E-state index contributed by atoms with van der Waals surface area (Å²) in [5.41, 5.74) is 3.78. The Morgan fingerprint density at radius 1 is 1.10 bits per heavy atom. The predicted molar refractivity (Wildman–Crippen MR) is 86.6 cm³/mol. The van der Waals surface area contributed by atoms with Gasteiger partial charge in [-0.25, -0.2) is 0 Å². The van der Waals surface area contributed by atoms with Crippen molar-refractivity contribution in [2.75, 3.05) is 7.11 Å². The highest BCUT2D eigenvalue weighted by atomic mass is 79.9. The third-order valence-corrected chi connectivity index (χ3v) is 3.79. The first-order valence-corrected chi connectivity index (χ1v) is 7.54. The summed E-state index contributed by atoms with van der Waals surface area (Å²) in [7, 11) is 1.72. The molecule has 0 saturated carbocycles. The summed E-state index contributed by atoms with van der Waals surface area (Å²) in [5.74, 6) is 0. The molecule has 0 unspecified atom stereocenters. The molecular weight excluding hydrogens is 314 g/mol. The van der Waals surface area contributed by atoms with E-state index in [0.29, 0.717) is 12.6 Å². The molecule has 3 heteroatoms. The summed E-state index contributed by atoms with van der Waals surface area (Å²) in [4.78, 5) is 0. The van der Waals surface area contributed by atoms with Gasteiger partial charge in [-0.2, -0.15) is 0 Å². The monoisotopic (exact) mass is 333 g/mol. The van der Waals surface area contributed by atoms with Crippen LogP contribution >= 0.6 is 15.9 Å². The van der Waals surface area contributed by atoms with Crippen LogP contribution in [0.1, 0.15) is 29.7 Å². The molecular formula is C17H20BrNO. The predicted octanol–water partition coefficient (Wildman–Crippen LogP) is 4.45. The average molecular weight is 334 g/mol. The molecule has 0 aliphatic carbocycles. The molecule has 0 amide bonds.